The molecule has 0 fully saturated rings. The number of nitrogens with two attached hydrogens (primary N) is 3. The summed E-state index contributed by atoms with van der Waals surface area (Å²) < 4.78 is 0. The second kappa shape index (κ2) is 9.92. The second-order valence-electron chi connectivity index (χ2n) is 3.30. The first-order valence-electron chi connectivity index (χ1n) is 5.18. The van der Waals surface area contributed by atoms with Crippen LogP contribution in [-0.2, 0) is 0 Å². The number of hydrogen-bond donors (Lipinski definition) is 4. The fourth-order valence-electron chi connectivity index (χ4n) is 1.32. The Morgan fingerprint density at radius 2 is 1.54 bits per heavy atom. The molecule has 0 aromatic rings. The summed E-state index contributed by atoms with van der Waals surface area (Å²) in [5.41, 5.74) is 16.4. The number of rotatable bonds is 9. The van der Waals surface area contributed by atoms with Gasteiger partial charge in [-0.2, -0.15) is 0 Å². The summed E-state index contributed by atoms with van der Waals surface area (Å²) >= 11 is 0. The van der Waals surface area contributed by atoms with E-state index in [0.717, 1.165) is 51.9 Å². The minimum Gasteiger partial charge on any atom is -0.330 e. The Bertz CT molecular complexity index is 97.6. The third-order valence-electron chi connectivity index (χ3n) is 2.09. The zero-order valence-corrected chi connectivity index (χ0v) is 8.47. The fraction of sp³-hybridized carbons (Fsp3) is 1.00. The largest absolute Gasteiger partial charge is 0.330 e. The van der Waals surface area contributed by atoms with Crippen LogP contribution in [0.2, 0.25) is 0 Å². The quantitative estimate of drug-likeness (QED) is 0.363. The highest BCUT2D eigenvalue weighted by atomic mass is 14.9. The van der Waals surface area contributed by atoms with E-state index >= 15 is 0 Å². The molecular formula is C9H24N4. The predicted molar refractivity (Wildman–Crippen MR) is 57.4 cm³/mol. The van der Waals surface area contributed by atoms with Crippen LogP contribution in [0.5, 0.6) is 0 Å². The van der Waals surface area contributed by atoms with Gasteiger partial charge in [-0.3, -0.25) is 0 Å². The molecule has 0 bridgehead atoms. The van der Waals surface area contributed by atoms with Crippen molar-refractivity contribution in [2.24, 2.45) is 17.2 Å². The first-order chi connectivity index (χ1) is 6.35. The van der Waals surface area contributed by atoms with Gasteiger partial charge in [0.2, 0.25) is 0 Å². The van der Waals surface area contributed by atoms with Gasteiger partial charge in [-0.25, -0.2) is 0 Å². The van der Waals surface area contributed by atoms with Crippen LogP contribution in [-0.4, -0.2) is 32.2 Å². The molecule has 1 atom stereocenters. The van der Waals surface area contributed by atoms with Crippen LogP contribution in [0.3, 0.4) is 0 Å². The molecule has 1 unspecified atom stereocenters. The van der Waals surface area contributed by atoms with Crippen molar-refractivity contribution in [1.29, 1.82) is 0 Å². The van der Waals surface area contributed by atoms with Gasteiger partial charge >= 0.3 is 0 Å². The maximum absolute atomic E-state index is 5.51. The lowest BCUT2D eigenvalue weighted by Crippen LogP contribution is -2.33. The Kier molecular flexibility index (Phi) is 9.80. The molecule has 0 aromatic carbocycles. The van der Waals surface area contributed by atoms with Gasteiger partial charge in [0.05, 0.1) is 0 Å². The zero-order chi connectivity index (χ0) is 9.94. The molecule has 4 heteroatoms. The molecule has 0 radical (unpaired) electrons. The lowest BCUT2D eigenvalue weighted by atomic mass is 10.1. The van der Waals surface area contributed by atoms with Crippen LogP contribution >= 0.6 is 0 Å². The topological polar surface area (TPSA) is 90.1 Å². The standard InChI is InChI=1S/C9H24N4/c10-5-1-3-9(4-7-12)13-8-2-6-11/h9,13H,1-8,10-12H2. The molecule has 0 aliphatic heterocycles. The van der Waals surface area contributed by atoms with Crippen molar-refractivity contribution in [2.45, 2.75) is 31.7 Å². The molecule has 7 N–H and O–H groups in total. The van der Waals surface area contributed by atoms with Gasteiger partial charge in [0.15, 0.2) is 0 Å². The van der Waals surface area contributed by atoms with E-state index in [2.05, 4.69) is 5.32 Å². The summed E-state index contributed by atoms with van der Waals surface area (Å²) in [6, 6.07) is 0.528. The Morgan fingerprint density at radius 3 is 2.08 bits per heavy atom. The van der Waals surface area contributed by atoms with Crippen LogP contribution < -0.4 is 22.5 Å². The molecule has 4 nitrogen and oxygen atoms in total. The minimum absolute atomic E-state index is 0.528. The molecule has 0 aliphatic rings. The van der Waals surface area contributed by atoms with E-state index in [1.54, 1.807) is 0 Å². The molecule has 0 aromatic heterocycles. The van der Waals surface area contributed by atoms with E-state index in [1.165, 1.54) is 0 Å². The smallest absolute Gasteiger partial charge is 0.00795 e. The Hall–Kier alpha value is -0.160. The maximum atomic E-state index is 5.51. The van der Waals surface area contributed by atoms with E-state index in [4.69, 9.17) is 17.2 Å². The van der Waals surface area contributed by atoms with E-state index in [0.29, 0.717) is 6.04 Å². The fourth-order valence-corrected chi connectivity index (χ4v) is 1.32. The summed E-state index contributed by atoms with van der Waals surface area (Å²) in [6.45, 7) is 3.25. The van der Waals surface area contributed by atoms with Crippen molar-refractivity contribution in [3.8, 4) is 0 Å². The lowest BCUT2D eigenvalue weighted by molar-refractivity contribution is 0.446. The normalized spacial score (nSPS) is 13.2. The van der Waals surface area contributed by atoms with Crippen molar-refractivity contribution in [2.75, 3.05) is 26.2 Å². The van der Waals surface area contributed by atoms with Crippen LogP contribution in [0.1, 0.15) is 25.7 Å². The Morgan fingerprint density at radius 1 is 0.846 bits per heavy atom. The van der Waals surface area contributed by atoms with Crippen molar-refractivity contribution in [1.82, 2.24) is 5.32 Å². The van der Waals surface area contributed by atoms with E-state index in [-0.39, 0.29) is 0 Å². The average molecular weight is 188 g/mol. The first kappa shape index (κ1) is 12.8. The van der Waals surface area contributed by atoms with Crippen LogP contribution in [0.15, 0.2) is 0 Å². The van der Waals surface area contributed by atoms with Gasteiger partial charge in [0.25, 0.3) is 0 Å². The van der Waals surface area contributed by atoms with Crippen LogP contribution in [0.25, 0.3) is 0 Å². The van der Waals surface area contributed by atoms with Gasteiger partial charge in [-0.1, -0.05) is 0 Å². The Labute approximate surface area is 81.2 Å². The summed E-state index contributed by atoms with van der Waals surface area (Å²) in [4.78, 5) is 0. The van der Waals surface area contributed by atoms with Crippen LogP contribution in [0, 0.1) is 0 Å². The van der Waals surface area contributed by atoms with E-state index in [9.17, 15) is 0 Å². The molecule has 0 aliphatic carbocycles. The minimum atomic E-state index is 0.528. The second-order valence-corrected chi connectivity index (χ2v) is 3.30. The van der Waals surface area contributed by atoms with Crippen LogP contribution in [0.4, 0.5) is 0 Å². The monoisotopic (exact) mass is 188 g/mol. The highest BCUT2D eigenvalue weighted by Crippen LogP contribution is 1.99. The number of nitrogens with one attached hydrogen (secondary N) is 1. The molecule has 0 spiro atoms. The molecule has 80 valence electrons. The summed E-state index contributed by atoms with van der Waals surface area (Å²) in [5, 5.41) is 3.44. The third-order valence-corrected chi connectivity index (χ3v) is 2.09. The summed E-state index contributed by atoms with van der Waals surface area (Å²) in [7, 11) is 0. The molecule has 0 rings (SSSR count). The van der Waals surface area contributed by atoms with Gasteiger partial charge < -0.3 is 22.5 Å². The highest BCUT2D eigenvalue weighted by Gasteiger charge is 2.04. The van der Waals surface area contributed by atoms with Gasteiger partial charge in [0.1, 0.15) is 0 Å². The summed E-state index contributed by atoms with van der Waals surface area (Å²) in [5.74, 6) is 0. The first-order valence-corrected chi connectivity index (χ1v) is 5.18. The summed E-state index contributed by atoms with van der Waals surface area (Å²) in [6.07, 6.45) is 4.26. The lowest BCUT2D eigenvalue weighted by Gasteiger charge is -2.17. The van der Waals surface area contributed by atoms with Gasteiger partial charge in [-0.15, -0.1) is 0 Å². The Balaban J connectivity index is 3.41. The maximum Gasteiger partial charge on any atom is 0.00795 e. The van der Waals surface area contributed by atoms with Crippen molar-refractivity contribution >= 4 is 0 Å². The van der Waals surface area contributed by atoms with E-state index < -0.39 is 0 Å². The molecule has 0 amide bonds. The SMILES string of the molecule is NCCCNC(CCN)CCCN. The molecule has 13 heavy (non-hydrogen) atoms. The number of hydrogen-bond acceptors (Lipinski definition) is 4. The van der Waals surface area contributed by atoms with Gasteiger partial charge in [0, 0.05) is 6.04 Å². The molecular weight excluding hydrogens is 164 g/mol. The van der Waals surface area contributed by atoms with E-state index in [1.807, 2.05) is 0 Å². The predicted octanol–water partition coefficient (Wildman–Crippen LogP) is -0.619. The molecule has 0 saturated heterocycles. The zero-order valence-electron chi connectivity index (χ0n) is 8.47. The van der Waals surface area contributed by atoms with Crippen molar-refractivity contribution in [3.63, 3.8) is 0 Å². The third kappa shape index (κ3) is 8.18. The molecule has 0 heterocycles. The van der Waals surface area contributed by atoms with Crippen molar-refractivity contribution in [3.05, 3.63) is 0 Å². The molecule has 0 saturated carbocycles. The van der Waals surface area contributed by atoms with Gasteiger partial charge in [-0.05, 0) is 51.9 Å². The highest BCUT2D eigenvalue weighted by molar-refractivity contribution is 4.67. The average Bonchev–Trinajstić information content (AvgIpc) is 2.14. The van der Waals surface area contributed by atoms with Crippen molar-refractivity contribution < 1.29 is 0 Å².